The quantitative estimate of drug-likeness (QED) is 0.575. The summed E-state index contributed by atoms with van der Waals surface area (Å²) < 4.78 is 65.6. The van der Waals surface area contributed by atoms with Gasteiger partial charge in [-0.1, -0.05) is 23.5 Å². The minimum Gasteiger partial charge on any atom is -0.473 e. The van der Waals surface area contributed by atoms with Crippen LogP contribution in [0, 0.1) is 6.92 Å². The molecule has 0 spiro atoms. The number of benzene rings is 1. The van der Waals surface area contributed by atoms with Gasteiger partial charge in [0.05, 0.1) is 34.7 Å². The van der Waals surface area contributed by atoms with Gasteiger partial charge in [-0.3, -0.25) is 4.79 Å². The molecule has 0 aliphatic heterocycles. The highest BCUT2D eigenvalue weighted by Crippen LogP contribution is 2.35. The van der Waals surface area contributed by atoms with Crippen molar-refractivity contribution in [3.05, 3.63) is 40.9 Å². The van der Waals surface area contributed by atoms with E-state index in [1.807, 2.05) is 6.92 Å². The Kier molecular flexibility index (Phi) is 6.15. The molecule has 1 N–H and O–H groups in total. The fraction of sp³-hybridized carbons (Fsp3) is 0.235. The van der Waals surface area contributed by atoms with E-state index in [-0.39, 0.29) is 6.42 Å². The third kappa shape index (κ3) is 4.63. The summed E-state index contributed by atoms with van der Waals surface area (Å²) in [7, 11) is -3.91. The van der Waals surface area contributed by atoms with Crippen molar-refractivity contribution in [2.75, 3.05) is 12.4 Å². The van der Waals surface area contributed by atoms with Crippen molar-refractivity contribution in [2.24, 2.45) is 0 Å². The molecular formula is C17H14F3N3O4S3. The van der Waals surface area contributed by atoms with Crippen LogP contribution in [0.4, 0.5) is 18.3 Å². The number of amides is 1. The molecule has 0 aliphatic carbocycles. The van der Waals surface area contributed by atoms with Crippen LogP contribution in [0.2, 0.25) is 0 Å². The van der Waals surface area contributed by atoms with Gasteiger partial charge >= 0.3 is 5.51 Å². The van der Waals surface area contributed by atoms with E-state index < -0.39 is 26.1 Å². The molecule has 30 heavy (non-hydrogen) atoms. The third-order valence-electron chi connectivity index (χ3n) is 3.84. The highest BCUT2D eigenvalue weighted by molar-refractivity contribution is 7.92. The van der Waals surface area contributed by atoms with E-state index in [9.17, 15) is 26.4 Å². The largest absolute Gasteiger partial charge is 0.501 e. The molecule has 13 heteroatoms. The first-order valence-corrected chi connectivity index (χ1v) is 11.4. The van der Waals surface area contributed by atoms with Gasteiger partial charge in [-0.15, -0.1) is 11.3 Å². The number of ether oxygens (including phenoxy) is 1. The molecule has 0 unspecified atom stereocenters. The Hall–Kier alpha value is -2.51. The molecule has 160 valence electrons. The molecule has 2 aromatic heterocycles. The molecule has 1 amide bonds. The lowest BCUT2D eigenvalue weighted by Gasteiger charge is -2.08. The maximum atomic E-state index is 12.6. The van der Waals surface area contributed by atoms with E-state index in [4.69, 9.17) is 4.74 Å². The molecule has 0 fully saturated rings. The second-order valence-electron chi connectivity index (χ2n) is 5.95. The van der Waals surface area contributed by atoms with E-state index in [2.05, 4.69) is 15.3 Å². The molecular weight excluding hydrogens is 463 g/mol. The predicted octanol–water partition coefficient (Wildman–Crippen LogP) is 4.06. The monoisotopic (exact) mass is 477 g/mol. The lowest BCUT2D eigenvalue weighted by Crippen LogP contribution is -2.23. The van der Waals surface area contributed by atoms with Gasteiger partial charge in [0, 0.05) is 5.38 Å². The zero-order valence-corrected chi connectivity index (χ0v) is 17.9. The Bertz CT molecular complexity index is 1170. The van der Waals surface area contributed by atoms with Gasteiger partial charge < -0.3 is 10.1 Å². The van der Waals surface area contributed by atoms with Crippen molar-refractivity contribution in [3.63, 3.8) is 0 Å². The number of carbonyl (C=O) groups is 1. The molecule has 2 heterocycles. The average Bonchev–Trinajstić information content (AvgIpc) is 3.27. The lowest BCUT2D eigenvalue weighted by molar-refractivity contribution is -0.115. The minimum absolute atomic E-state index is 0.158. The summed E-state index contributed by atoms with van der Waals surface area (Å²) in [4.78, 5) is 20.7. The van der Waals surface area contributed by atoms with Crippen LogP contribution >= 0.6 is 22.7 Å². The highest BCUT2D eigenvalue weighted by Gasteiger charge is 2.46. The first-order valence-electron chi connectivity index (χ1n) is 8.18. The smallest absolute Gasteiger partial charge is 0.473 e. The van der Waals surface area contributed by atoms with Crippen molar-refractivity contribution >= 4 is 43.5 Å². The summed E-state index contributed by atoms with van der Waals surface area (Å²) in [5, 5.41) is 5.21. The van der Waals surface area contributed by atoms with Crippen LogP contribution in [0.5, 0.6) is 5.19 Å². The maximum absolute atomic E-state index is 12.6. The lowest BCUT2D eigenvalue weighted by atomic mass is 10.1. The van der Waals surface area contributed by atoms with Crippen LogP contribution < -0.4 is 10.1 Å². The Morgan fingerprint density at radius 1 is 1.20 bits per heavy atom. The van der Waals surface area contributed by atoms with Gasteiger partial charge in [-0.05, 0) is 24.6 Å². The van der Waals surface area contributed by atoms with Crippen LogP contribution in [-0.4, -0.2) is 36.9 Å². The molecule has 3 aromatic rings. The number of nitrogens with zero attached hydrogens (tertiary/aromatic N) is 2. The van der Waals surface area contributed by atoms with E-state index in [0.717, 1.165) is 22.7 Å². The zero-order chi connectivity index (χ0) is 22.1. The fourth-order valence-corrected chi connectivity index (χ4v) is 4.80. The van der Waals surface area contributed by atoms with Gasteiger partial charge in [0.15, 0.2) is 5.13 Å². The highest BCUT2D eigenvalue weighted by atomic mass is 32.2. The number of anilines is 1. The first-order chi connectivity index (χ1) is 14.0. The summed E-state index contributed by atoms with van der Waals surface area (Å²) in [5.41, 5.74) is -3.65. The number of halogens is 3. The van der Waals surface area contributed by atoms with Crippen molar-refractivity contribution in [3.8, 4) is 15.8 Å². The number of aryl methyl sites for hydroxylation is 1. The SMILES string of the molecule is COc1nc(C)c(-c2csc(NC(=O)Cc3ccc(S(=O)(=O)C(F)(F)F)cc3)n2)s1. The van der Waals surface area contributed by atoms with Gasteiger partial charge in [-0.2, -0.15) is 13.2 Å². The van der Waals surface area contributed by atoms with E-state index in [0.29, 0.717) is 21.6 Å². The summed E-state index contributed by atoms with van der Waals surface area (Å²) in [5.74, 6) is -0.444. The minimum atomic E-state index is -5.42. The number of hydrogen-bond acceptors (Lipinski definition) is 8. The summed E-state index contributed by atoms with van der Waals surface area (Å²) in [6.07, 6.45) is -0.158. The number of carbonyl (C=O) groups excluding carboxylic acids is 1. The Balaban J connectivity index is 1.66. The van der Waals surface area contributed by atoms with Gasteiger partial charge in [0.25, 0.3) is 15.0 Å². The number of methoxy groups -OCH3 is 1. The summed E-state index contributed by atoms with van der Waals surface area (Å²) in [6, 6.07) is 3.98. The van der Waals surface area contributed by atoms with E-state index in [1.54, 1.807) is 5.38 Å². The first kappa shape index (κ1) is 22.2. The van der Waals surface area contributed by atoms with Crippen molar-refractivity contribution in [1.29, 1.82) is 0 Å². The number of hydrogen-bond donors (Lipinski definition) is 1. The zero-order valence-electron chi connectivity index (χ0n) is 15.5. The van der Waals surface area contributed by atoms with E-state index in [1.165, 1.54) is 41.9 Å². The molecule has 0 saturated heterocycles. The fourth-order valence-electron chi connectivity index (χ4n) is 2.40. The standard InChI is InChI=1S/C17H14F3N3O4S3/c1-9-14(29-16(21-9)27-2)12-8-28-15(22-12)23-13(24)7-10-3-5-11(6-4-10)30(25,26)17(18,19)20/h3-6,8H,7H2,1-2H3,(H,22,23,24). The topological polar surface area (TPSA) is 98.2 Å². The van der Waals surface area contributed by atoms with E-state index >= 15 is 0 Å². The normalized spacial score (nSPS) is 12.0. The number of nitrogens with one attached hydrogen (secondary N) is 1. The molecule has 0 aliphatic rings. The van der Waals surface area contributed by atoms with Crippen LogP contribution in [0.1, 0.15) is 11.3 Å². The maximum Gasteiger partial charge on any atom is 0.501 e. The van der Waals surface area contributed by atoms with Gasteiger partial charge in [-0.25, -0.2) is 18.4 Å². The molecule has 3 rings (SSSR count). The number of sulfone groups is 1. The predicted molar refractivity (Wildman–Crippen MR) is 107 cm³/mol. The molecule has 0 saturated carbocycles. The Morgan fingerprint density at radius 2 is 1.87 bits per heavy atom. The van der Waals surface area contributed by atoms with Gasteiger partial charge in [0.1, 0.15) is 0 Å². The Labute approximate surface area is 177 Å². The average molecular weight is 478 g/mol. The number of thiazole rings is 2. The van der Waals surface area contributed by atoms with Crippen LogP contribution in [-0.2, 0) is 21.1 Å². The number of rotatable bonds is 6. The van der Waals surface area contributed by atoms with Crippen molar-refractivity contribution < 1.29 is 31.1 Å². The van der Waals surface area contributed by atoms with Crippen molar-refractivity contribution in [1.82, 2.24) is 9.97 Å². The third-order valence-corrected chi connectivity index (χ3v) is 7.24. The molecule has 0 bridgehead atoms. The Morgan fingerprint density at radius 3 is 2.43 bits per heavy atom. The summed E-state index contributed by atoms with van der Waals surface area (Å²) >= 11 is 2.53. The molecule has 0 atom stereocenters. The second-order valence-corrected chi connectivity index (χ2v) is 9.72. The molecule has 1 aromatic carbocycles. The van der Waals surface area contributed by atoms with Crippen LogP contribution in [0.3, 0.4) is 0 Å². The summed E-state index contributed by atoms with van der Waals surface area (Å²) in [6.45, 7) is 1.81. The second kappa shape index (κ2) is 8.32. The number of aromatic nitrogens is 2. The van der Waals surface area contributed by atoms with Crippen LogP contribution in [0.15, 0.2) is 34.5 Å². The molecule has 7 nitrogen and oxygen atoms in total. The van der Waals surface area contributed by atoms with Gasteiger partial charge in [0.2, 0.25) is 5.91 Å². The number of alkyl halides is 3. The molecule has 0 radical (unpaired) electrons. The van der Waals surface area contributed by atoms with Crippen molar-refractivity contribution in [2.45, 2.75) is 23.7 Å². The van der Waals surface area contributed by atoms with Crippen LogP contribution in [0.25, 0.3) is 10.6 Å².